The molecule has 2 saturated heterocycles. The van der Waals surface area contributed by atoms with Crippen LogP contribution in [0.1, 0.15) is 31.9 Å². The predicted octanol–water partition coefficient (Wildman–Crippen LogP) is 0.457. The molecule has 0 aliphatic carbocycles. The molecule has 2 aromatic rings. The van der Waals surface area contributed by atoms with Gasteiger partial charge in [-0.3, -0.25) is 4.57 Å². The number of aliphatic hydroxyl groups excluding tert-OH is 2. The van der Waals surface area contributed by atoms with Crippen LogP contribution in [0.5, 0.6) is 0 Å². The molecule has 4 heterocycles. The maximum Gasteiger partial charge on any atom is 0.167 e. The van der Waals surface area contributed by atoms with Gasteiger partial charge in [-0.15, -0.1) is 0 Å². The van der Waals surface area contributed by atoms with Crippen molar-refractivity contribution in [2.45, 2.75) is 44.1 Å². The molecule has 0 saturated carbocycles. The molecule has 0 aromatic carbocycles. The summed E-state index contributed by atoms with van der Waals surface area (Å²) >= 11 is 0. The van der Waals surface area contributed by atoms with E-state index in [-0.39, 0.29) is 12.8 Å². The van der Waals surface area contributed by atoms with E-state index >= 15 is 0 Å². The summed E-state index contributed by atoms with van der Waals surface area (Å²) in [6, 6.07) is 0. The molecule has 0 bridgehead atoms. The van der Waals surface area contributed by atoms with Crippen LogP contribution < -0.4 is 4.90 Å². The van der Waals surface area contributed by atoms with E-state index in [2.05, 4.69) is 19.9 Å². The summed E-state index contributed by atoms with van der Waals surface area (Å²) in [6.45, 7) is 1.78. The number of imidazole rings is 1. The summed E-state index contributed by atoms with van der Waals surface area (Å²) in [5.74, 6) is 0.866. The van der Waals surface area contributed by atoms with Gasteiger partial charge in [0.05, 0.1) is 19.0 Å². The van der Waals surface area contributed by atoms with Crippen molar-refractivity contribution in [3.8, 4) is 0 Å². The molecule has 23 heavy (non-hydrogen) atoms. The number of hydrogen-bond acceptors (Lipinski definition) is 7. The van der Waals surface area contributed by atoms with Gasteiger partial charge in [0.2, 0.25) is 0 Å². The molecule has 124 valence electrons. The van der Waals surface area contributed by atoms with Crippen LogP contribution in [-0.2, 0) is 4.74 Å². The first-order chi connectivity index (χ1) is 11.3. The van der Waals surface area contributed by atoms with Gasteiger partial charge in [-0.05, 0) is 19.3 Å². The van der Waals surface area contributed by atoms with Crippen LogP contribution in [0, 0.1) is 0 Å². The molecule has 0 spiro atoms. The summed E-state index contributed by atoms with van der Waals surface area (Å²) in [5, 5.41) is 19.2. The van der Waals surface area contributed by atoms with Gasteiger partial charge in [0.1, 0.15) is 18.7 Å². The van der Waals surface area contributed by atoms with Crippen LogP contribution in [0.3, 0.4) is 0 Å². The van der Waals surface area contributed by atoms with E-state index in [0.29, 0.717) is 12.1 Å². The fourth-order valence-corrected chi connectivity index (χ4v) is 3.44. The van der Waals surface area contributed by atoms with Crippen molar-refractivity contribution in [2.24, 2.45) is 0 Å². The number of anilines is 1. The third kappa shape index (κ3) is 2.56. The maximum absolute atomic E-state index is 9.93. The normalized spacial score (nSPS) is 28.6. The van der Waals surface area contributed by atoms with Crippen LogP contribution in [-0.4, -0.2) is 61.6 Å². The lowest BCUT2D eigenvalue weighted by molar-refractivity contribution is -0.0432. The molecular formula is C15H21N5O3. The lowest BCUT2D eigenvalue weighted by Crippen LogP contribution is -2.30. The molecule has 4 rings (SSSR count). The summed E-state index contributed by atoms with van der Waals surface area (Å²) in [6.07, 6.45) is 5.66. The van der Waals surface area contributed by atoms with Gasteiger partial charge in [0.15, 0.2) is 17.0 Å². The number of fused-ring (bicyclic) bond motifs is 1. The predicted molar refractivity (Wildman–Crippen MR) is 83.0 cm³/mol. The van der Waals surface area contributed by atoms with Crippen molar-refractivity contribution in [1.29, 1.82) is 0 Å². The molecule has 0 radical (unpaired) electrons. The van der Waals surface area contributed by atoms with Crippen LogP contribution in [0.15, 0.2) is 12.7 Å². The fourth-order valence-electron chi connectivity index (χ4n) is 3.44. The van der Waals surface area contributed by atoms with Gasteiger partial charge < -0.3 is 19.8 Å². The van der Waals surface area contributed by atoms with Gasteiger partial charge in [0.25, 0.3) is 0 Å². The van der Waals surface area contributed by atoms with Gasteiger partial charge >= 0.3 is 0 Å². The highest BCUT2D eigenvalue weighted by atomic mass is 16.5. The monoisotopic (exact) mass is 319 g/mol. The van der Waals surface area contributed by atoms with Crippen LogP contribution in [0.4, 0.5) is 5.82 Å². The second kappa shape index (κ2) is 6.03. The number of nitrogens with zero attached hydrogens (tertiary/aromatic N) is 5. The summed E-state index contributed by atoms with van der Waals surface area (Å²) in [7, 11) is 0. The molecule has 2 aromatic heterocycles. The molecule has 0 unspecified atom stereocenters. The number of rotatable bonds is 3. The van der Waals surface area contributed by atoms with E-state index in [9.17, 15) is 10.2 Å². The highest BCUT2D eigenvalue weighted by molar-refractivity contribution is 5.83. The Bertz CT molecular complexity index is 685. The van der Waals surface area contributed by atoms with E-state index in [1.807, 2.05) is 4.57 Å². The summed E-state index contributed by atoms with van der Waals surface area (Å²) < 4.78 is 7.53. The van der Waals surface area contributed by atoms with Crippen molar-refractivity contribution in [3.63, 3.8) is 0 Å². The Labute approximate surface area is 133 Å². The Balaban J connectivity index is 1.68. The van der Waals surface area contributed by atoms with Crippen LogP contribution >= 0.6 is 0 Å². The second-order valence-electron chi connectivity index (χ2n) is 6.18. The first-order valence-electron chi connectivity index (χ1n) is 8.15. The van der Waals surface area contributed by atoms with Gasteiger partial charge in [-0.1, -0.05) is 0 Å². The first kappa shape index (κ1) is 14.8. The van der Waals surface area contributed by atoms with Crippen molar-refractivity contribution >= 4 is 17.0 Å². The van der Waals surface area contributed by atoms with Crippen molar-refractivity contribution in [2.75, 3.05) is 24.6 Å². The second-order valence-corrected chi connectivity index (χ2v) is 6.18. The van der Waals surface area contributed by atoms with E-state index < -0.39 is 12.2 Å². The molecule has 2 fully saturated rings. The van der Waals surface area contributed by atoms with Gasteiger partial charge in [-0.25, -0.2) is 15.0 Å². The van der Waals surface area contributed by atoms with Crippen molar-refractivity contribution < 1.29 is 14.9 Å². The molecule has 8 nitrogen and oxygen atoms in total. The van der Waals surface area contributed by atoms with Gasteiger partial charge in [-0.2, -0.15) is 0 Å². The lowest BCUT2D eigenvalue weighted by Gasteiger charge is -2.27. The average Bonchev–Trinajstić information content (AvgIpc) is 3.18. The maximum atomic E-state index is 9.93. The highest BCUT2D eigenvalue weighted by Crippen LogP contribution is 2.32. The van der Waals surface area contributed by atoms with Crippen molar-refractivity contribution in [1.82, 2.24) is 19.5 Å². The molecular weight excluding hydrogens is 298 g/mol. The Kier molecular flexibility index (Phi) is 3.88. The zero-order chi connectivity index (χ0) is 15.8. The Morgan fingerprint density at radius 2 is 2.00 bits per heavy atom. The molecule has 3 atom stereocenters. The lowest BCUT2D eigenvalue weighted by atomic mass is 10.1. The SMILES string of the molecule is OC[C@H]1O[C@@H](n2cnc3c(N4CCCCC4)ncnc32)C[C@@H]1O. The number of ether oxygens (including phenoxy) is 1. The minimum absolute atomic E-state index is 0.196. The molecule has 2 aliphatic rings. The van der Waals surface area contributed by atoms with Crippen LogP contribution in [0.2, 0.25) is 0 Å². The minimum atomic E-state index is -0.675. The van der Waals surface area contributed by atoms with E-state index in [4.69, 9.17) is 4.74 Å². The standard InChI is InChI=1S/C15H21N5O3/c21-7-11-10(22)6-12(23-11)20-9-18-13-14(16-8-17-15(13)20)19-4-2-1-3-5-19/h8-12,21-22H,1-7H2/t10-,11+,12+/m0/s1. The van der Waals surface area contributed by atoms with Gasteiger partial charge in [0, 0.05) is 19.5 Å². The molecule has 8 heteroatoms. The third-order valence-electron chi connectivity index (χ3n) is 4.69. The highest BCUT2D eigenvalue weighted by Gasteiger charge is 2.35. The Morgan fingerprint density at radius 1 is 1.17 bits per heavy atom. The zero-order valence-corrected chi connectivity index (χ0v) is 12.9. The number of aliphatic hydroxyl groups is 2. The molecule has 2 N–H and O–H groups in total. The molecule has 2 aliphatic heterocycles. The first-order valence-corrected chi connectivity index (χ1v) is 8.15. The summed E-state index contributed by atoms with van der Waals surface area (Å²) in [5.41, 5.74) is 1.47. The average molecular weight is 319 g/mol. The van der Waals surface area contributed by atoms with Crippen LogP contribution in [0.25, 0.3) is 11.2 Å². The Morgan fingerprint density at radius 3 is 2.74 bits per heavy atom. The molecule has 0 amide bonds. The van der Waals surface area contributed by atoms with E-state index in [1.54, 1.807) is 12.7 Å². The van der Waals surface area contributed by atoms with Crippen molar-refractivity contribution in [3.05, 3.63) is 12.7 Å². The summed E-state index contributed by atoms with van der Waals surface area (Å²) in [4.78, 5) is 15.5. The van der Waals surface area contributed by atoms with E-state index in [0.717, 1.165) is 24.4 Å². The quantitative estimate of drug-likeness (QED) is 0.848. The van der Waals surface area contributed by atoms with E-state index in [1.165, 1.54) is 19.3 Å². The zero-order valence-electron chi connectivity index (χ0n) is 12.9. The Hall–Kier alpha value is -1.77. The minimum Gasteiger partial charge on any atom is -0.394 e. The number of piperidine rings is 1. The third-order valence-corrected chi connectivity index (χ3v) is 4.69. The fraction of sp³-hybridized carbons (Fsp3) is 0.667. The largest absolute Gasteiger partial charge is 0.394 e. The number of hydrogen-bond donors (Lipinski definition) is 2. The topological polar surface area (TPSA) is 96.5 Å². The smallest absolute Gasteiger partial charge is 0.167 e. The number of aromatic nitrogens is 4.